The lowest BCUT2D eigenvalue weighted by molar-refractivity contribution is -0.121. The van der Waals surface area contributed by atoms with Crippen LogP contribution in [0, 0.1) is 0 Å². The molecule has 3 aromatic rings. The van der Waals surface area contributed by atoms with Gasteiger partial charge in [0.2, 0.25) is 5.91 Å². The zero-order chi connectivity index (χ0) is 19.8. The second-order valence-electron chi connectivity index (χ2n) is 6.26. The largest absolute Gasteiger partial charge is 0.352 e. The van der Waals surface area contributed by atoms with E-state index in [1.54, 1.807) is 18.3 Å². The number of hydrogen-bond donors (Lipinski definition) is 2. The van der Waals surface area contributed by atoms with Crippen molar-refractivity contribution in [3.63, 3.8) is 0 Å². The van der Waals surface area contributed by atoms with E-state index < -0.39 is 0 Å². The van der Waals surface area contributed by atoms with Gasteiger partial charge < -0.3 is 10.6 Å². The first kappa shape index (κ1) is 19.8. The summed E-state index contributed by atoms with van der Waals surface area (Å²) in [5.74, 6) is -0.296. The quantitative estimate of drug-likeness (QED) is 0.564. The number of benzene rings is 2. The Kier molecular flexibility index (Phi) is 6.97. The van der Waals surface area contributed by atoms with Crippen LogP contribution in [0.5, 0.6) is 0 Å². The SMILES string of the molecule is O=C(CCNC(=O)c1ccc(Br)cc1)NCc1ccccc1Cn1cccn1. The molecule has 2 aromatic carbocycles. The molecule has 0 fully saturated rings. The van der Waals surface area contributed by atoms with Crippen LogP contribution in [0.2, 0.25) is 0 Å². The highest BCUT2D eigenvalue weighted by molar-refractivity contribution is 9.10. The summed E-state index contributed by atoms with van der Waals surface area (Å²) in [6.45, 7) is 1.38. The second-order valence-corrected chi connectivity index (χ2v) is 7.18. The number of aromatic nitrogens is 2. The van der Waals surface area contributed by atoms with Gasteiger partial charge in [-0.05, 0) is 41.5 Å². The van der Waals surface area contributed by atoms with Crippen LogP contribution < -0.4 is 10.6 Å². The number of halogens is 1. The highest BCUT2D eigenvalue weighted by Crippen LogP contribution is 2.11. The molecule has 2 N–H and O–H groups in total. The van der Waals surface area contributed by atoms with Gasteiger partial charge in [0.15, 0.2) is 0 Å². The van der Waals surface area contributed by atoms with Crippen molar-refractivity contribution >= 4 is 27.7 Å². The molecule has 0 atom stereocenters. The van der Waals surface area contributed by atoms with Crippen molar-refractivity contribution in [3.8, 4) is 0 Å². The third-order valence-electron chi connectivity index (χ3n) is 4.23. The zero-order valence-corrected chi connectivity index (χ0v) is 16.9. The van der Waals surface area contributed by atoms with Crippen LogP contribution in [-0.2, 0) is 17.9 Å². The van der Waals surface area contributed by atoms with Crippen LogP contribution in [0.3, 0.4) is 0 Å². The van der Waals surface area contributed by atoms with E-state index in [0.29, 0.717) is 18.7 Å². The Morgan fingerprint density at radius 2 is 1.71 bits per heavy atom. The fourth-order valence-corrected chi connectivity index (χ4v) is 2.99. The molecule has 7 heteroatoms. The molecule has 0 aliphatic heterocycles. The molecule has 6 nitrogen and oxygen atoms in total. The lowest BCUT2D eigenvalue weighted by Crippen LogP contribution is -2.30. The molecule has 0 radical (unpaired) electrons. The number of nitrogens with one attached hydrogen (secondary N) is 2. The Labute approximate surface area is 172 Å². The van der Waals surface area contributed by atoms with Gasteiger partial charge in [-0.1, -0.05) is 40.2 Å². The molecule has 0 spiro atoms. The predicted octanol–water partition coefficient (Wildman–Crippen LogP) is 3.13. The number of carbonyl (C=O) groups is 2. The molecular formula is C21H21BrN4O2. The van der Waals surface area contributed by atoms with Gasteiger partial charge in [0.1, 0.15) is 0 Å². The lowest BCUT2D eigenvalue weighted by atomic mass is 10.1. The van der Waals surface area contributed by atoms with Crippen LogP contribution in [0.25, 0.3) is 0 Å². The summed E-state index contributed by atoms with van der Waals surface area (Å²) in [6, 6.07) is 16.9. The normalized spacial score (nSPS) is 10.5. The molecule has 144 valence electrons. The van der Waals surface area contributed by atoms with Gasteiger partial charge in [0, 0.05) is 41.9 Å². The lowest BCUT2D eigenvalue weighted by Gasteiger charge is -2.11. The molecule has 0 aliphatic carbocycles. The Hall–Kier alpha value is -2.93. The molecule has 0 unspecified atom stereocenters. The molecule has 0 saturated carbocycles. The number of nitrogens with zero attached hydrogens (tertiary/aromatic N) is 2. The summed E-state index contributed by atoms with van der Waals surface area (Å²) in [5, 5.41) is 9.90. The Morgan fingerprint density at radius 3 is 2.43 bits per heavy atom. The van der Waals surface area contributed by atoms with Crippen molar-refractivity contribution in [2.24, 2.45) is 0 Å². The maximum atomic E-state index is 12.1. The van der Waals surface area contributed by atoms with E-state index in [9.17, 15) is 9.59 Å². The first-order valence-electron chi connectivity index (χ1n) is 8.96. The topological polar surface area (TPSA) is 76.0 Å². The molecule has 28 heavy (non-hydrogen) atoms. The third-order valence-corrected chi connectivity index (χ3v) is 4.76. The van der Waals surface area contributed by atoms with E-state index in [1.165, 1.54) is 0 Å². The molecule has 1 aromatic heterocycles. The van der Waals surface area contributed by atoms with Crippen molar-refractivity contribution < 1.29 is 9.59 Å². The summed E-state index contributed by atoms with van der Waals surface area (Å²) in [7, 11) is 0. The Balaban J connectivity index is 1.44. The van der Waals surface area contributed by atoms with Gasteiger partial charge in [-0.15, -0.1) is 0 Å². The fraction of sp³-hybridized carbons (Fsp3) is 0.190. The minimum Gasteiger partial charge on any atom is -0.352 e. The second kappa shape index (κ2) is 9.85. The van der Waals surface area contributed by atoms with Gasteiger partial charge in [0.25, 0.3) is 5.91 Å². The minimum atomic E-state index is -0.190. The molecule has 2 amide bonds. The van der Waals surface area contributed by atoms with Crippen molar-refractivity contribution in [1.82, 2.24) is 20.4 Å². The molecule has 0 bridgehead atoms. The van der Waals surface area contributed by atoms with Crippen LogP contribution in [0.15, 0.2) is 71.5 Å². The molecular weight excluding hydrogens is 420 g/mol. The average Bonchev–Trinajstić information content (AvgIpc) is 3.21. The van der Waals surface area contributed by atoms with Gasteiger partial charge in [-0.25, -0.2) is 0 Å². The van der Waals surface area contributed by atoms with Crippen molar-refractivity contribution in [1.29, 1.82) is 0 Å². The summed E-state index contributed by atoms with van der Waals surface area (Å²) in [6.07, 6.45) is 3.88. The van der Waals surface area contributed by atoms with E-state index in [4.69, 9.17) is 0 Å². The van der Waals surface area contributed by atoms with Gasteiger partial charge in [0.05, 0.1) is 6.54 Å². The maximum absolute atomic E-state index is 12.1. The van der Waals surface area contributed by atoms with E-state index in [-0.39, 0.29) is 24.8 Å². The van der Waals surface area contributed by atoms with Crippen molar-refractivity contribution in [3.05, 3.63) is 88.2 Å². The standard InChI is InChI=1S/C21H21BrN4O2/c22-19-8-6-16(7-9-19)21(28)23-12-10-20(27)24-14-17-4-1-2-5-18(17)15-26-13-3-11-25-26/h1-9,11,13H,10,12,14-15H2,(H,23,28)(H,24,27). The molecule has 1 heterocycles. The van der Waals surface area contributed by atoms with Gasteiger partial charge in [-0.3, -0.25) is 14.3 Å². The maximum Gasteiger partial charge on any atom is 0.251 e. The van der Waals surface area contributed by atoms with E-state index in [0.717, 1.165) is 15.6 Å². The number of amides is 2. The van der Waals surface area contributed by atoms with Crippen LogP contribution in [-0.4, -0.2) is 28.1 Å². The predicted molar refractivity (Wildman–Crippen MR) is 111 cm³/mol. The van der Waals surface area contributed by atoms with Crippen molar-refractivity contribution in [2.45, 2.75) is 19.5 Å². The smallest absolute Gasteiger partial charge is 0.251 e. The fourth-order valence-electron chi connectivity index (χ4n) is 2.73. The van der Waals surface area contributed by atoms with Gasteiger partial charge >= 0.3 is 0 Å². The summed E-state index contributed by atoms with van der Waals surface area (Å²) >= 11 is 3.33. The molecule has 0 saturated heterocycles. The highest BCUT2D eigenvalue weighted by atomic mass is 79.9. The molecule has 0 aliphatic rings. The third kappa shape index (κ3) is 5.79. The highest BCUT2D eigenvalue weighted by Gasteiger charge is 2.08. The van der Waals surface area contributed by atoms with Gasteiger partial charge in [-0.2, -0.15) is 5.10 Å². The number of rotatable bonds is 8. The Bertz CT molecular complexity index is 924. The number of hydrogen-bond acceptors (Lipinski definition) is 3. The van der Waals surface area contributed by atoms with E-state index in [2.05, 4.69) is 31.7 Å². The monoisotopic (exact) mass is 440 g/mol. The van der Waals surface area contributed by atoms with E-state index >= 15 is 0 Å². The molecule has 3 rings (SSSR count). The minimum absolute atomic E-state index is 0.106. The first-order valence-corrected chi connectivity index (χ1v) is 9.76. The summed E-state index contributed by atoms with van der Waals surface area (Å²) in [5.41, 5.74) is 2.72. The van der Waals surface area contributed by atoms with Crippen molar-refractivity contribution in [2.75, 3.05) is 6.54 Å². The zero-order valence-electron chi connectivity index (χ0n) is 15.3. The number of carbonyl (C=O) groups excluding carboxylic acids is 2. The van der Waals surface area contributed by atoms with E-state index in [1.807, 2.05) is 53.3 Å². The van der Waals surface area contributed by atoms with Crippen LogP contribution in [0.1, 0.15) is 27.9 Å². The van der Waals surface area contributed by atoms with Crippen LogP contribution in [0.4, 0.5) is 0 Å². The summed E-state index contributed by atoms with van der Waals surface area (Å²) in [4.78, 5) is 24.2. The first-order chi connectivity index (χ1) is 13.6. The average molecular weight is 441 g/mol. The Morgan fingerprint density at radius 1 is 0.964 bits per heavy atom. The van der Waals surface area contributed by atoms with Crippen LogP contribution >= 0.6 is 15.9 Å². The summed E-state index contributed by atoms with van der Waals surface area (Å²) < 4.78 is 2.76.